The average Bonchev–Trinajstić information content (AvgIpc) is 2.53. The molecule has 0 aliphatic carbocycles. The Labute approximate surface area is 130 Å². The van der Waals surface area contributed by atoms with Crippen LogP contribution in [0.2, 0.25) is 0 Å². The molecule has 0 bridgehead atoms. The van der Waals surface area contributed by atoms with E-state index in [1.54, 1.807) is 0 Å². The largest absolute Gasteiger partial charge is 0.310 e. The summed E-state index contributed by atoms with van der Waals surface area (Å²) in [6.07, 6.45) is 5.32. The maximum atomic E-state index is 3.70. The summed E-state index contributed by atoms with van der Waals surface area (Å²) in [7, 11) is 0. The van der Waals surface area contributed by atoms with Gasteiger partial charge in [0.2, 0.25) is 0 Å². The molecule has 0 amide bonds. The summed E-state index contributed by atoms with van der Waals surface area (Å²) in [4.78, 5) is 2.64. The molecular formula is C19H32N2. The first-order valence-electron chi connectivity index (χ1n) is 8.73. The number of aryl methyl sites for hydroxylation is 1. The zero-order valence-corrected chi connectivity index (χ0v) is 14.1. The minimum absolute atomic E-state index is 0.444. The molecule has 1 N–H and O–H groups in total. The number of hydrogen-bond donors (Lipinski definition) is 1. The monoisotopic (exact) mass is 288 g/mol. The van der Waals surface area contributed by atoms with E-state index in [2.05, 4.69) is 55.3 Å². The lowest BCUT2D eigenvalue weighted by molar-refractivity contribution is 0.197. The van der Waals surface area contributed by atoms with Crippen LogP contribution in [0.3, 0.4) is 0 Å². The van der Waals surface area contributed by atoms with Gasteiger partial charge in [0.15, 0.2) is 0 Å². The molecule has 2 rings (SSSR count). The molecule has 0 aromatic heterocycles. The van der Waals surface area contributed by atoms with Gasteiger partial charge in [-0.05, 0) is 62.9 Å². The molecule has 1 aromatic carbocycles. The summed E-state index contributed by atoms with van der Waals surface area (Å²) in [5.74, 6) is 0.723. The van der Waals surface area contributed by atoms with Gasteiger partial charge < -0.3 is 10.2 Å². The fourth-order valence-electron chi connectivity index (χ4n) is 3.19. The average molecular weight is 288 g/mol. The highest BCUT2D eigenvalue weighted by molar-refractivity contribution is 5.24. The van der Waals surface area contributed by atoms with E-state index in [-0.39, 0.29) is 0 Å². The molecule has 1 heterocycles. The highest BCUT2D eigenvalue weighted by Gasteiger charge is 2.14. The third-order valence-electron chi connectivity index (χ3n) is 4.68. The molecule has 1 saturated heterocycles. The van der Waals surface area contributed by atoms with Crippen LogP contribution >= 0.6 is 0 Å². The summed E-state index contributed by atoms with van der Waals surface area (Å²) in [5.41, 5.74) is 2.82. The van der Waals surface area contributed by atoms with E-state index in [0.717, 1.165) is 18.9 Å². The van der Waals surface area contributed by atoms with E-state index in [4.69, 9.17) is 0 Å². The molecule has 1 aliphatic rings. The van der Waals surface area contributed by atoms with Gasteiger partial charge in [-0.1, -0.05) is 44.5 Å². The molecule has 21 heavy (non-hydrogen) atoms. The molecule has 0 radical (unpaired) electrons. The Balaban J connectivity index is 1.72. The topological polar surface area (TPSA) is 15.3 Å². The lowest BCUT2D eigenvalue weighted by Gasteiger charge is -2.29. The van der Waals surface area contributed by atoms with Crippen molar-refractivity contribution in [1.29, 1.82) is 0 Å². The standard InChI is InChI=1S/C19H32N2/c1-4-18-8-10-19(11-9-18)17(3)20-14-16(2)15-21-12-6-5-7-13-21/h8-11,16-17,20H,4-7,12-15H2,1-3H3. The number of likely N-dealkylation sites (tertiary alicyclic amines) is 1. The fraction of sp³-hybridized carbons (Fsp3) is 0.684. The summed E-state index contributed by atoms with van der Waals surface area (Å²) in [6.45, 7) is 11.8. The summed E-state index contributed by atoms with van der Waals surface area (Å²) in [6, 6.07) is 9.49. The maximum Gasteiger partial charge on any atom is 0.0291 e. The lowest BCUT2D eigenvalue weighted by Crippen LogP contribution is -2.37. The van der Waals surface area contributed by atoms with Crippen molar-refractivity contribution in [3.63, 3.8) is 0 Å². The summed E-state index contributed by atoms with van der Waals surface area (Å²) in [5, 5.41) is 3.70. The smallest absolute Gasteiger partial charge is 0.0291 e. The number of hydrogen-bond acceptors (Lipinski definition) is 2. The maximum absolute atomic E-state index is 3.70. The van der Waals surface area contributed by atoms with Crippen LogP contribution in [0.5, 0.6) is 0 Å². The van der Waals surface area contributed by atoms with Gasteiger partial charge in [0.25, 0.3) is 0 Å². The zero-order valence-electron chi connectivity index (χ0n) is 14.1. The van der Waals surface area contributed by atoms with E-state index in [1.165, 1.54) is 50.0 Å². The molecular weight excluding hydrogens is 256 g/mol. The van der Waals surface area contributed by atoms with Crippen LogP contribution < -0.4 is 5.32 Å². The van der Waals surface area contributed by atoms with Crippen molar-refractivity contribution >= 4 is 0 Å². The summed E-state index contributed by atoms with van der Waals surface area (Å²) >= 11 is 0. The van der Waals surface area contributed by atoms with Crippen molar-refractivity contribution in [1.82, 2.24) is 10.2 Å². The Morgan fingerprint density at radius 1 is 1.05 bits per heavy atom. The van der Waals surface area contributed by atoms with Crippen molar-refractivity contribution in [2.24, 2.45) is 5.92 Å². The van der Waals surface area contributed by atoms with Crippen molar-refractivity contribution in [2.75, 3.05) is 26.2 Å². The molecule has 1 aliphatic heterocycles. The van der Waals surface area contributed by atoms with Gasteiger partial charge in [0.05, 0.1) is 0 Å². The van der Waals surface area contributed by atoms with Crippen molar-refractivity contribution in [3.8, 4) is 0 Å². The molecule has 2 unspecified atom stereocenters. The van der Waals surface area contributed by atoms with Gasteiger partial charge in [-0.15, -0.1) is 0 Å². The number of nitrogens with zero attached hydrogens (tertiary/aromatic N) is 1. The van der Waals surface area contributed by atoms with Crippen LogP contribution in [0, 0.1) is 5.92 Å². The number of piperidine rings is 1. The molecule has 2 nitrogen and oxygen atoms in total. The van der Waals surface area contributed by atoms with Gasteiger partial charge >= 0.3 is 0 Å². The lowest BCUT2D eigenvalue weighted by atomic mass is 10.0. The van der Waals surface area contributed by atoms with Crippen molar-refractivity contribution in [3.05, 3.63) is 35.4 Å². The van der Waals surface area contributed by atoms with Gasteiger partial charge in [0, 0.05) is 12.6 Å². The molecule has 1 aromatic rings. The molecule has 118 valence electrons. The van der Waals surface area contributed by atoms with Crippen LogP contribution in [0.25, 0.3) is 0 Å². The number of rotatable bonds is 7. The number of benzene rings is 1. The van der Waals surface area contributed by atoms with Gasteiger partial charge in [-0.3, -0.25) is 0 Å². The second-order valence-electron chi connectivity index (χ2n) is 6.69. The third kappa shape index (κ3) is 5.44. The summed E-state index contributed by atoms with van der Waals surface area (Å²) < 4.78 is 0. The second-order valence-corrected chi connectivity index (χ2v) is 6.69. The van der Waals surface area contributed by atoms with E-state index >= 15 is 0 Å². The first kappa shape index (κ1) is 16.5. The zero-order chi connectivity index (χ0) is 15.1. The highest BCUT2D eigenvalue weighted by atomic mass is 15.1. The Morgan fingerprint density at radius 3 is 2.33 bits per heavy atom. The van der Waals surface area contributed by atoms with Crippen LogP contribution in [-0.4, -0.2) is 31.1 Å². The van der Waals surface area contributed by atoms with Gasteiger partial charge in [-0.25, -0.2) is 0 Å². The van der Waals surface area contributed by atoms with Crippen molar-refractivity contribution < 1.29 is 0 Å². The number of nitrogens with one attached hydrogen (secondary N) is 1. The van der Waals surface area contributed by atoms with E-state index < -0.39 is 0 Å². The predicted octanol–water partition coefficient (Wildman–Crippen LogP) is 4.02. The highest BCUT2D eigenvalue weighted by Crippen LogP contribution is 2.15. The van der Waals surface area contributed by atoms with E-state index in [9.17, 15) is 0 Å². The SMILES string of the molecule is CCc1ccc(C(C)NCC(C)CN2CCCCC2)cc1. The molecule has 2 atom stereocenters. The normalized spacial score (nSPS) is 19.4. The van der Waals surface area contributed by atoms with Crippen LogP contribution in [0.1, 0.15) is 57.2 Å². The third-order valence-corrected chi connectivity index (χ3v) is 4.68. The minimum Gasteiger partial charge on any atom is -0.310 e. The predicted molar refractivity (Wildman–Crippen MR) is 91.7 cm³/mol. The van der Waals surface area contributed by atoms with Crippen LogP contribution in [0.15, 0.2) is 24.3 Å². The second kappa shape index (κ2) is 8.55. The fourth-order valence-corrected chi connectivity index (χ4v) is 3.19. The molecule has 0 spiro atoms. The van der Waals surface area contributed by atoms with Gasteiger partial charge in [-0.2, -0.15) is 0 Å². The van der Waals surface area contributed by atoms with Crippen LogP contribution in [0.4, 0.5) is 0 Å². The molecule has 0 saturated carbocycles. The Hall–Kier alpha value is -0.860. The minimum atomic E-state index is 0.444. The van der Waals surface area contributed by atoms with E-state index in [1.807, 2.05) is 0 Å². The Kier molecular flexibility index (Phi) is 6.72. The quantitative estimate of drug-likeness (QED) is 0.815. The first-order valence-corrected chi connectivity index (χ1v) is 8.73. The Bertz CT molecular complexity index is 393. The molecule has 1 fully saturated rings. The van der Waals surface area contributed by atoms with Gasteiger partial charge in [0.1, 0.15) is 0 Å². The van der Waals surface area contributed by atoms with Crippen molar-refractivity contribution in [2.45, 2.75) is 52.5 Å². The van der Waals surface area contributed by atoms with E-state index in [0.29, 0.717) is 6.04 Å². The Morgan fingerprint density at radius 2 is 1.71 bits per heavy atom. The first-order chi connectivity index (χ1) is 10.2. The van der Waals surface area contributed by atoms with Crippen LogP contribution in [-0.2, 0) is 6.42 Å². The molecule has 2 heteroatoms.